The summed E-state index contributed by atoms with van der Waals surface area (Å²) in [4.78, 5) is 27.6. The Labute approximate surface area is 171 Å². The summed E-state index contributed by atoms with van der Waals surface area (Å²) in [6.45, 7) is 1.70. The number of ether oxygens (including phenoxy) is 1. The Kier molecular flexibility index (Phi) is 4.85. The van der Waals surface area contributed by atoms with Crippen molar-refractivity contribution in [2.75, 3.05) is 17.3 Å². The molecule has 0 spiro atoms. The Morgan fingerprint density at radius 2 is 1.66 bits per heavy atom. The number of nitrogens with one attached hydrogen (secondary N) is 1. The minimum Gasteiger partial charge on any atom is -0.490 e. The van der Waals surface area contributed by atoms with Gasteiger partial charge in [0.05, 0.1) is 23.4 Å². The van der Waals surface area contributed by atoms with Crippen LogP contribution in [0.25, 0.3) is 0 Å². The maximum absolute atomic E-state index is 13.3. The van der Waals surface area contributed by atoms with Crippen LogP contribution in [0.2, 0.25) is 0 Å². The number of carbonyl (C=O) groups excluding carboxylic acids is 1. The number of nitro groups is 1. The van der Waals surface area contributed by atoms with E-state index in [2.05, 4.69) is 5.32 Å². The third-order valence-electron chi connectivity index (χ3n) is 4.60. The second kappa shape index (κ2) is 7.48. The second-order valence-corrected chi connectivity index (χ2v) is 7.48. The number of aryl methyl sites for hydroxylation is 1. The van der Waals surface area contributed by atoms with E-state index in [-0.39, 0.29) is 17.5 Å². The molecule has 0 fully saturated rings. The first-order valence-corrected chi connectivity index (χ1v) is 9.61. The first kappa shape index (κ1) is 18.8. The minimum atomic E-state index is -0.508. The first-order chi connectivity index (χ1) is 14.0. The number of fused-ring (bicyclic) bond motifs is 2. The molecule has 8 heteroatoms. The van der Waals surface area contributed by atoms with Crippen LogP contribution in [-0.4, -0.2) is 18.1 Å². The highest BCUT2D eigenvalue weighted by Gasteiger charge is 2.28. The third-order valence-corrected chi connectivity index (χ3v) is 5.73. The van der Waals surface area contributed by atoms with Gasteiger partial charge in [0.15, 0.2) is 5.75 Å². The fourth-order valence-corrected chi connectivity index (χ4v) is 4.27. The van der Waals surface area contributed by atoms with Crippen LogP contribution in [0.1, 0.15) is 5.56 Å². The zero-order valence-electron chi connectivity index (χ0n) is 15.7. The normalized spacial score (nSPS) is 12.0. The van der Waals surface area contributed by atoms with Crippen molar-refractivity contribution in [3.05, 3.63) is 76.3 Å². The smallest absolute Gasteiger partial charge is 0.331 e. The van der Waals surface area contributed by atoms with Crippen LogP contribution in [-0.2, 0) is 0 Å². The van der Waals surface area contributed by atoms with Crippen molar-refractivity contribution < 1.29 is 14.5 Å². The lowest BCUT2D eigenvalue weighted by Gasteiger charge is -2.31. The fourth-order valence-electron chi connectivity index (χ4n) is 3.21. The van der Waals surface area contributed by atoms with Gasteiger partial charge in [0.1, 0.15) is 0 Å². The molecular formula is C21H17N3O4S. The Morgan fingerprint density at radius 3 is 2.21 bits per heavy atom. The average molecular weight is 407 g/mol. The second-order valence-electron chi connectivity index (χ2n) is 6.40. The van der Waals surface area contributed by atoms with Crippen molar-refractivity contribution in [1.82, 2.24) is 0 Å². The molecule has 0 unspecified atom stereocenters. The molecule has 0 radical (unpaired) electrons. The van der Waals surface area contributed by atoms with Gasteiger partial charge in [0.25, 0.3) is 0 Å². The molecule has 7 nitrogen and oxygen atoms in total. The van der Waals surface area contributed by atoms with Gasteiger partial charge in [-0.2, -0.15) is 0 Å². The molecule has 0 saturated carbocycles. The summed E-state index contributed by atoms with van der Waals surface area (Å²) in [6.07, 6.45) is 0. The van der Waals surface area contributed by atoms with Gasteiger partial charge in [-0.15, -0.1) is 0 Å². The van der Waals surface area contributed by atoms with Crippen LogP contribution in [0, 0.1) is 17.0 Å². The Morgan fingerprint density at radius 1 is 1.07 bits per heavy atom. The highest BCUT2D eigenvalue weighted by atomic mass is 32.2. The lowest BCUT2D eigenvalue weighted by atomic mass is 10.1. The molecule has 1 N–H and O–H groups in total. The van der Waals surface area contributed by atoms with E-state index in [4.69, 9.17) is 4.74 Å². The lowest BCUT2D eigenvalue weighted by Crippen LogP contribution is -2.33. The molecule has 1 heterocycles. The summed E-state index contributed by atoms with van der Waals surface area (Å²) in [5.74, 6) is 0.0888. The maximum atomic E-state index is 13.3. The van der Waals surface area contributed by atoms with Crippen molar-refractivity contribution in [2.45, 2.75) is 16.7 Å². The largest absolute Gasteiger partial charge is 0.490 e. The molecule has 0 atom stereocenters. The predicted molar refractivity (Wildman–Crippen MR) is 113 cm³/mol. The van der Waals surface area contributed by atoms with Gasteiger partial charge in [-0.3, -0.25) is 15.0 Å². The topological polar surface area (TPSA) is 84.7 Å². The summed E-state index contributed by atoms with van der Waals surface area (Å²) in [5, 5.41) is 14.1. The van der Waals surface area contributed by atoms with Crippen LogP contribution < -0.4 is 15.0 Å². The highest BCUT2D eigenvalue weighted by Crippen LogP contribution is 2.48. The summed E-state index contributed by atoms with van der Waals surface area (Å²) >= 11 is 1.61. The molecule has 0 saturated heterocycles. The van der Waals surface area contributed by atoms with Crippen LogP contribution in [0.5, 0.6) is 5.75 Å². The Hall–Kier alpha value is -3.52. The standard InChI is InChI=1S/C21H17N3O4S/c1-13-11-17(24(26)27)18(28-2)12-14(13)22-21(25)23-15-7-3-5-9-19(15)29-20-10-6-4-8-16(20)23/h3-12H,1-2H3,(H,22,25). The van der Waals surface area contributed by atoms with E-state index in [1.54, 1.807) is 23.6 Å². The van der Waals surface area contributed by atoms with Crippen molar-refractivity contribution in [1.29, 1.82) is 0 Å². The Balaban J connectivity index is 1.74. The van der Waals surface area contributed by atoms with Crippen molar-refractivity contribution in [3.63, 3.8) is 0 Å². The van der Waals surface area contributed by atoms with Gasteiger partial charge in [0.2, 0.25) is 0 Å². The predicted octanol–water partition coefficient (Wildman–Crippen LogP) is 5.75. The number of carbonyl (C=O) groups is 1. The number of amides is 2. The van der Waals surface area contributed by atoms with Gasteiger partial charge in [-0.1, -0.05) is 36.0 Å². The van der Waals surface area contributed by atoms with Crippen molar-refractivity contribution in [3.8, 4) is 5.75 Å². The summed E-state index contributed by atoms with van der Waals surface area (Å²) in [7, 11) is 1.36. The van der Waals surface area contributed by atoms with E-state index < -0.39 is 4.92 Å². The summed E-state index contributed by atoms with van der Waals surface area (Å²) in [6, 6.07) is 17.9. The number of benzene rings is 3. The van der Waals surface area contributed by atoms with Crippen LogP contribution in [0.4, 0.5) is 27.5 Å². The minimum absolute atomic E-state index is 0.0888. The molecule has 0 aliphatic carbocycles. The molecule has 0 bridgehead atoms. The number of nitro benzene ring substituents is 1. The number of urea groups is 1. The van der Waals surface area contributed by atoms with Gasteiger partial charge in [-0.05, 0) is 36.8 Å². The summed E-state index contributed by atoms with van der Waals surface area (Å²) < 4.78 is 5.13. The van der Waals surface area contributed by atoms with Crippen molar-refractivity contribution in [2.24, 2.45) is 0 Å². The van der Waals surface area contributed by atoms with Crippen LogP contribution in [0.3, 0.4) is 0 Å². The molecule has 146 valence electrons. The van der Waals surface area contributed by atoms with Crippen molar-refractivity contribution >= 4 is 40.5 Å². The Bertz CT molecular complexity index is 1090. The number of methoxy groups -OCH3 is 1. The molecule has 3 aromatic rings. The van der Waals surface area contributed by atoms with Gasteiger partial charge < -0.3 is 10.1 Å². The molecule has 4 rings (SSSR count). The van der Waals surface area contributed by atoms with Gasteiger partial charge in [-0.25, -0.2) is 4.79 Å². The molecule has 3 aromatic carbocycles. The maximum Gasteiger partial charge on any atom is 0.331 e. The van der Waals surface area contributed by atoms with E-state index in [0.29, 0.717) is 11.3 Å². The molecule has 2 amide bonds. The van der Waals surface area contributed by atoms with Gasteiger partial charge in [0, 0.05) is 27.6 Å². The fraction of sp³-hybridized carbons (Fsp3) is 0.0952. The molecule has 1 aliphatic rings. The van der Waals surface area contributed by atoms with E-state index in [1.807, 2.05) is 48.5 Å². The highest BCUT2D eigenvalue weighted by molar-refractivity contribution is 7.99. The number of nitrogens with zero attached hydrogens (tertiary/aromatic N) is 2. The van der Waals surface area contributed by atoms with Crippen LogP contribution >= 0.6 is 11.8 Å². The van der Waals surface area contributed by atoms with E-state index in [9.17, 15) is 14.9 Å². The average Bonchev–Trinajstić information content (AvgIpc) is 2.72. The zero-order valence-corrected chi connectivity index (χ0v) is 16.5. The lowest BCUT2D eigenvalue weighted by molar-refractivity contribution is -0.385. The molecular weight excluding hydrogens is 390 g/mol. The SMILES string of the molecule is COc1cc(NC(=O)N2c3ccccc3Sc3ccccc32)c(C)cc1[N+](=O)[O-]. The third kappa shape index (κ3) is 3.38. The monoisotopic (exact) mass is 407 g/mol. The van der Waals surface area contributed by atoms with Crippen LogP contribution in [0.15, 0.2) is 70.5 Å². The number of para-hydroxylation sites is 2. The number of hydrogen-bond acceptors (Lipinski definition) is 5. The first-order valence-electron chi connectivity index (χ1n) is 8.79. The van der Waals surface area contributed by atoms with E-state index in [1.165, 1.54) is 19.2 Å². The quantitative estimate of drug-likeness (QED) is 0.442. The number of hydrogen-bond donors (Lipinski definition) is 1. The van der Waals surface area contributed by atoms with E-state index in [0.717, 1.165) is 21.2 Å². The zero-order chi connectivity index (χ0) is 20.5. The molecule has 1 aliphatic heterocycles. The number of anilines is 3. The number of rotatable bonds is 3. The molecule has 29 heavy (non-hydrogen) atoms. The van der Waals surface area contributed by atoms with E-state index >= 15 is 0 Å². The van der Waals surface area contributed by atoms with Gasteiger partial charge >= 0.3 is 11.7 Å². The molecule has 0 aromatic heterocycles. The summed E-state index contributed by atoms with van der Waals surface area (Å²) in [5.41, 5.74) is 2.43.